The number of nitrogens with zero attached hydrogens (tertiary/aromatic N) is 1. The number of hydrogen-bond acceptors (Lipinski definition) is 2. The minimum Gasteiger partial charge on any atom is -0.341 e. The lowest BCUT2D eigenvalue weighted by Gasteiger charge is -2.06. The molecule has 0 aliphatic heterocycles. The van der Waals surface area contributed by atoms with Gasteiger partial charge in [0.2, 0.25) is 0 Å². The monoisotopic (exact) mass is 229 g/mol. The van der Waals surface area contributed by atoms with Crippen molar-refractivity contribution in [3.8, 4) is 11.3 Å². The van der Waals surface area contributed by atoms with Crippen molar-refractivity contribution in [2.24, 2.45) is 0 Å². The molecule has 3 nitrogen and oxygen atoms in total. The largest absolute Gasteiger partial charge is 0.341 e. The zero-order valence-corrected chi connectivity index (χ0v) is 10.8. The number of aryl methyl sites for hydroxylation is 2. The van der Waals surface area contributed by atoms with E-state index in [1.807, 2.05) is 13.2 Å². The minimum atomic E-state index is 0.246. The Balaban J connectivity index is 2.33. The molecule has 0 saturated carbocycles. The molecule has 1 aromatic heterocycles. The Kier molecular flexibility index (Phi) is 3.29. The van der Waals surface area contributed by atoms with E-state index in [-0.39, 0.29) is 6.04 Å². The molecule has 0 saturated heterocycles. The maximum atomic E-state index is 4.40. The molecule has 1 atom stereocenters. The quantitative estimate of drug-likeness (QED) is 0.849. The summed E-state index contributed by atoms with van der Waals surface area (Å²) in [6, 6.07) is 6.71. The lowest BCUT2D eigenvalue weighted by Crippen LogP contribution is -2.13. The Morgan fingerprint density at radius 1 is 1.24 bits per heavy atom. The molecule has 1 unspecified atom stereocenters. The molecule has 90 valence electrons. The maximum absolute atomic E-state index is 4.40. The van der Waals surface area contributed by atoms with Crippen molar-refractivity contribution >= 4 is 0 Å². The summed E-state index contributed by atoms with van der Waals surface area (Å²) in [6.07, 6.45) is 1.90. The first kappa shape index (κ1) is 11.9. The molecule has 2 aromatic rings. The van der Waals surface area contributed by atoms with Crippen LogP contribution in [0.5, 0.6) is 0 Å². The fraction of sp³-hybridized carbons (Fsp3) is 0.357. The van der Waals surface area contributed by atoms with Crippen LogP contribution < -0.4 is 5.32 Å². The van der Waals surface area contributed by atoms with Crippen molar-refractivity contribution in [1.82, 2.24) is 15.3 Å². The van der Waals surface area contributed by atoms with E-state index in [2.05, 4.69) is 54.3 Å². The van der Waals surface area contributed by atoms with Gasteiger partial charge in [0.1, 0.15) is 5.82 Å². The highest BCUT2D eigenvalue weighted by Crippen LogP contribution is 2.21. The minimum absolute atomic E-state index is 0.246. The van der Waals surface area contributed by atoms with E-state index in [4.69, 9.17) is 0 Å². The third-order valence-electron chi connectivity index (χ3n) is 3.26. The molecule has 17 heavy (non-hydrogen) atoms. The number of imidazole rings is 1. The molecule has 0 fully saturated rings. The van der Waals surface area contributed by atoms with Gasteiger partial charge in [-0.1, -0.05) is 12.1 Å². The van der Waals surface area contributed by atoms with Gasteiger partial charge in [-0.3, -0.25) is 0 Å². The number of nitrogens with one attached hydrogen (secondary N) is 2. The van der Waals surface area contributed by atoms with Gasteiger partial charge in [0, 0.05) is 0 Å². The van der Waals surface area contributed by atoms with E-state index >= 15 is 0 Å². The summed E-state index contributed by atoms with van der Waals surface area (Å²) in [5.74, 6) is 0.973. The summed E-state index contributed by atoms with van der Waals surface area (Å²) in [6.45, 7) is 6.34. The summed E-state index contributed by atoms with van der Waals surface area (Å²) >= 11 is 0. The summed E-state index contributed by atoms with van der Waals surface area (Å²) in [4.78, 5) is 7.75. The van der Waals surface area contributed by atoms with Crippen molar-refractivity contribution in [2.75, 3.05) is 7.05 Å². The van der Waals surface area contributed by atoms with Crippen molar-refractivity contribution in [3.63, 3.8) is 0 Å². The molecule has 2 rings (SSSR count). The molecule has 0 bridgehead atoms. The van der Waals surface area contributed by atoms with Crippen molar-refractivity contribution in [2.45, 2.75) is 26.8 Å². The van der Waals surface area contributed by atoms with Crippen LogP contribution in [0.4, 0.5) is 0 Å². The topological polar surface area (TPSA) is 40.7 Å². The zero-order chi connectivity index (χ0) is 12.4. The molecule has 3 heteroatoms. The molecule has 0 radical (unpaired) electrons. The number of rotatable bonds is 3. The summed E-state index contributed by atoms with van der Waals surface area (Å²) in [5, 5.41) is 3.17. The van der Waals surface area contributed by atoms with Gasteiger partial charge >= 0.3 is 0 Å². The van der Waals surface area contributed by atoms with Crippen LogP contribution in [0.1, 0.15) is 29.9 Å². The van der Waals surface area contributed by atoms with E-state index in [1.165, 1.54) is 16.7 Å². The second kappa shape index (κ2) is 4.72. The van der Waals surface area contributed by atoms with Crippen molar-refractivity contribution in [1.29, 1.82) is 0 Å². The van der Waals surface area contributed by atoms with Crippen molar-refractivity contribution < 1.29 is 0 Å². The lowest BCUT2D eigenvalue weighted by atomic mass is 10.1. The van der Waals surface area contributed by atoms with Gasteiger partial charge in [0.05, 0.1) is 17.9 Å². The Labute approximate surface area is 102 Å². The molecule has 0 spiro atoms. The first-order valence-corrected chi connectivity index (χ1v) is 5.91. The van der Waals surface area contributed by atoms with E-state index in [0.29, 0.717) is 0 Å². The molecule has 0 aliphatic carbocycles. The first-order chi connectivity index (χ1) is 8.11. The van der Waals surface area contributed by atoms with Crippen molar-refractivity contribution in [3.05, 3.63) is 41.3 Å². The fourth-order valence-electron chi connectivity index (χ4n) is 1.75. The Bertz CT molecular complexity index is 514. The molecule has 0 amide bonds. The van der Waals surface area contributed by atoms with Gasteiger partial charge in [-0.2, -0.15) is 0 Å². The highest BCUT2D eigenvalue weighted by Gasteiger charge is 2.08. The molecule has 2 N–H and O–H groups in total. The zero-order valence-electron chi connectivity index (χ0n) is 10.8. The number of aromatic amines is 1. The highest BCUT2D eigenvalue weighted by atomic mass is 15.0. The predicted octanol–water partition coefficient (Wildman–Crippen LogP) is 2.97. The maximum Gasteiger partial charge on any atom is 0.123 e. The molecule has 1 aromatic carbocycles. The Morgan fingerprint density at radius 3 is 2.65 bits per heavy atom. The number of benzene rings is 1. The smallest absolute Gasteiger partial charge is 0.123 e. The molecular formula is C14H19N3. The summed E-state index contributed by atoms with van der Waals surface area (Å²) < 4.78 is 0. The first-order valence-electron chi connectivity index (χ1n) is 5.91. The standard InChI is InChI=1S/C14H19N3/c1-9-5-6-12(7-10(9)2)13-8-16-14(17-13)11(3)15-4/h5-8,11,15H,1-4H3,(H,16,17). The second-order valence-electron chi connectivity index (χ2n) is 4.49. The molecule has 1 heterocycles. The molecule has 0 aliphatic rings. The third kappa shape index (κ3) is 2.39. The van der Waals surface area contributed by atoms with Gasteiger partial charge in [-0.05, 0) is 50.6 Å². The van der Waals surface area contributed by atoms with E-state index in [0.717, 1.165) is 11.5 Å². The number of aromatic nitrogens is 2. The average molecular weight is 229 g/mol. The third-order valence-corrected chi connectivity index (χ3v) is 3.26. The number of H-pyrrole nitrogens is 1. The summed E-state index contributed by atoms with van der Waals surface area (Å²) in [5.41, 5.74) is 4.89. The SMILES string of the molecule is CNC(C)c1ncc(-c2ccc(C)c(C)c2)[nH]1. The van der Waals surface area contributed by atoms with Crippen LogP contribution in [0.2, 0.25) is 0 Å². The highest BCUT2D eigenvalue weighted by molar-refractivity contribution is 5.60. The van der Waals surface area contributed by atoms with Crippen LogP contribution in [-0.2, 0) is 0 Å². The lowest BCUT2D eigenvalue weighted by molar-refractivity contribution is 0.618. The fourth-order valence-corrected chi connectivity index (χ4v) is 1.75. The van der Waals surface area contributed by atoms with Gasteiger partial charge < -0.3 is 10.3 Å². The van der Waals surface area contributed by atoms with E-state index < -0.39 is 0 Å². The Morgan fingerprint density at radius 2 is 2.00 bits per heavy atom. The van der Waals surface area contributed by atoms with Gasteiger partial charge in [0.25, 0.3) is 0 Å². The average Bonchev–Trinajstić information content (AvgIpc) is 2.81. The van der Waals surface area contributed by atoms with E-state index in [1.54, 1.807) is 0 Å². The van der Waals surface area contributed by atoms with Gasteiger partial charge in [-0.15, -0.1) is 0 Å². The van der Waals surface area contributed by atoms with Crippen LogP contribution in [0, 0.1) is 13.8 Å². The van der Waals surface area contributed by atoms with Crippen LogP contribution in [0.15, 0.2) is 24.4 Å². The summed E-state index contributed by atoms with van der Waals surface area (Å²) in [7, 11) is 1.93. The van der Waals surface area contributed by atoms with Crippen LogP contribution >= 0.6 is 0 Å². The Hall–Kier alpha value is -1.61. The van der Waals surface area contributed by atoms with Crippen LogP contribution in [-0.4, -0.2) is 17.0 Å². The number of hydrogen-bond donors (Lipinski definition) is 2. The normalized spacial score (nSPS) is 12.7. The van der Waals surface area contributed by atoms with E-state index in [9.17, 15) is 0 Å². The van der Waals surface area contributed by atoms with Gasteiger partial charge in [0.15, 0.2) is 0 Å². The van der Waals surface area contributed by atoms with Gasteiger partial charge in [-0.25, -0.2) is 4.98 Å². The second-order valence-corrected chi connectivity index (χ2v) is 4.49. The van der Waals surface area contributed by atoms with Crippen LogP contribution in [0.3, 0.4) is 0 Å². The van der Waals surface area contributed by atoms with Crippen LogP contribution in [0.25, 0.3) is 11.3 Å². The predicted molar refractivity (Wildman–Crippen MR) is 71.0 cm³/mol. The molecular weight excluding hydrogens is 210 g/mol.